The van der Waals surface area contributed by atoms with Crippen molar-refractivity contribution < 1.29 is 0 Å². The van der Waals surface area contributed by atoms with E-state index in [2.05, 4.69) is 38.1 Å². The smallest absolute Gasteiger partial charge is 0.0758 e. The minimum Gasteiger partial charge on any atom is -0.380 e. The number of nitrogens with one attached hydrogen (secondary N) is 1. The van der Waals surface area contributed by atoms with Crippen LogP contribution in [0, 0.1) is 12.8 Å². The fourth-order valence-electron chi connectivity index (χ4n) is 1.67. The molecule has 0 amide bonds. The van der Waals surface area contributed by atoms with Crippen LogP contribution < -0.4 is 5.32 Å². The van der Waals surface area contributed by atoms with Crippen molar-refractivity contribution in [1.29, 1.82) is 0 Å². The number of hydrogen-bond donors (Lipinski definition) is 1. The molecule has 0 saturated carbocycles. The molecule has 14 heavy (non-hydrogen) atoms. The molecule has 0 aliphatic carbocycles. The van der Waals surface area contributed by atoms with E-state index in [4.69, 9.17) is 0 Å². The second-order valence-corrected chi connectivity index (χ2v) is 4.44. The van der Waals surface area contributed by atoms with E-state index in [1.807, 2.05) is 17.9 Å². The quantitative estimate of drug-likeness (QED) is 0.800. The highest BCUT2D eigenvalue weighted by molar-refractivity contribution is 5.46. The Kier molecular flexibility index (Phi) is 3.55. The van der Waals surface area contributed by atoms with Gasteiger partial charge in [-0.15, -0.1) is 0 Å². The van der Waals surface area contributed by atoms with E-state index in [0.717, 1.165) is 11.6 Å². The topological polar surface area (TPSA) is 29.9 Å². The molecule has 0 radical (unpaired) electrons. The SMILES string of the molecule is Cc1c(NC(C)CC(C)C)cnn1C. The third-order valence-electron chi connectivity index (χ3n) is 2.46. The normalized spacial score (nSPS) is 13.3. The summed E-state index contributed by atoms with van der Waals surface area (Å²) < 4.78 is 1.89. The van der Waals surface area contributed by atoms with Gasteiger partial charge in [0.05, 0.1) is 17.6 Å². The third kappa shape index (κ3) is 2.76. The number of rotatable bonds is 4. The lowest BCUT2D eigenvalue weighted by molar-refractivity contribution is 0.539. The van der Waals surface area contributed by atoms with Crippen molar-refractivity contribution in [3.05, 3.63) is 11.9 Å². The second-order valence-electron chi connectivity index (χ2n) is 4.44. The molecule has 3 heteroatoms. The van der Waals surface area contributed by atoms with Crippen LogP contribution in [0.1, 0.15) is 32.9 Å². The van der Waals surface area contributed by atoms with E-state index >= 15 is 0 Å². The minimum atomic E-state index is 0.512. The maximum atomic E-state index is 4.20. The minimum absolute atomic E-state index is 0.512. The molecule has 80 valence electrons. The largest absolute Gasteiger partial charge is 0.380 e. The van der Waals surface area contributed by atoms with E-state index in [-0.39, 0.29) is 0 Å². The third-order valence-corrected chi connectivity index (χ3v) is 2.46. The molecule has 1 unspecified atom stereocenters. The van der Waals surface area contributed by atoms with Crippen molar-refractivity contribution in [1.82, 2.24) is 9.78 Å². The lowest BCUT2D eigenvalue weighted by atomic mass is 10.1. The average Bonchev–Trinajstić information content (AvgIpc) is 2.34. The fourth-order valence-corrected chi connectivity index (χ4v) is 1.67. The van der Waals surface area contributed by atoms with Gasteiger partial charge in [0.25, 0.3) is 0 Å². The highest BCUT2D eigenvalue weighted by Crippen LogP contribution is 2.16. The maximum absolute atomic E-state index is 4.20. The Morgan fingerprint density at radius 3 is 2.50 bits per heavy atom. The van der Waals surface area contributed by atoms with Crippen LogP contribution in [0.4, 0.5) is 5.69 Å². The van der Waals surface area contributed by atoms with Crippen LogP contribution in [0.3, 0.4) is 0 Å². The van der Waals surface area contributed by atoms with Gasteiger partial charge in [-0.1, -0.05) is 13.8 Å². The van der Waals surface area contributed by atoms with E-state index in [9.17, 15) is 0 Å². The summed E-state index contributed by atoms with van der Waals surface area (Å²) in [5.74, 6) is 0.731. The molecule has 1 aromatic heterocycles. The summed E-state index contributed by atoms with van der Waals surface area (Å²) in [6.45, 7) is 8.78. The molecule has 0 aromatic carbocycles. The van der Waals surface area contributed by atoms with E-state index in [1.54, 1.807) is 0 Å². The molecule has 0 bridgehead atoms. The predicted molar refractivity (Wildman–Crippen MR) is 60.5 cm³/mol. The van der Waals surface area contributed by atoms with E-state index in [1.165, 1.54) is 12.1 Å². The first-order valence-electron chi connectivity index (χ1n) is 5.25. The first-order valence-corrected chi connectivity index (χ1v) is 5.25. The molecule has 1 aromatic rings. The molecule has 0 aliphatic heterocycles. The molecular formula is C11H21N3. The Bertz CT molecular complexity index is 289. The summed E-state index contributed by atoms with van der Waals surface area (Å²) in [4.78, 5) is 0. The molecule has 1 atom stereocenters. The Morgan fingerprint density at radius 2 is 2.07 bits per heavy atom. The zero-order valence-electron chi connectivity index (χ0n) is 9.83. The second kappa shape index (κ2) is 4.49. The molecule has 1 heterocycles. The van der Waals surface area contributed by atoms with E-state index < -0.39 is 0 Å². The number of aryl methyl sites for hydroxylation is 1. The zero-order chi connectivity index (χ0) is 10.7. The Balaban J connectivity index is 2.56. The summed E-state index contributed by atoms with van der Waals surface area (Å²) in [7, 11) is 1.97. The summed E-state index contributed by atoms with van der Waals surface area (Å²) >= 11 is 0. The number of anilines is 1. The van der Waals surface area contributed by atoms with Gasteiger partial charge in [0.15, 0.2) is 0 Å². The predicted octanol–water partition coefficient (Wildman–Crippen LogP) is 2.58. The molecular weight excluding hydrogens is 174 g/mol. The molecule has 1 rings (SSSR count). The Hall–Kier alpha value is -0.990. The average molecular weight is 195 g/mol. The van der Waals surface area contributed by atoms with Gasteiger partial charge < -0.3 is 5.32 Å². The lowest BCUT2D eigenvalue weighted by Crippen LogP contribution is -2.17. The number of hydrogen-bond acceptors (Lipinski definition) is 2. The van der Waals surface area contributed by atoms with Crippen LogP contribution in [0.5, 0.6) is 0 Å². The molecule has 1 N–H and O–H groups in total. The van der Waals surface area contributed by atoms with E-state index in [0.29, 0.717) is 6.04 Å². The van der Waals surface area contributed by atoms with Crippen molar-refractivity contribution >= 4 is 5.69 Å². The van der Waals surface area contributed by atoms with Gasteiger partial charge in [-0.2, -0.15) is 5.10 Å². The van der Waals surface area contributed by atoms with Crippen molar-refractivity contribution in [2.45, 2.75) is 40.2 Å². The summed E-state index contributed by atoms with van der Waals surface area (Å²) in [5, 5.41) is 7.68. The van der Waals surface area contributed by atoms with Gasteiger partial charge in [0.1, 0.15) is 0 Å². The van der Waals surface area contributed by atoms with Crippen LogP contribution in [-0.2, 0) is 7.05 Å². The van der Waals surface area contributed by atoms with Gasteiger partial charge in [-0.3, -0.25) is 4.68 Å². The number of nitrogens with zero attached hydrogens (tertiary/aromatic N) is 2. The molecule has 0 fully saturated rings. The molecule has 3 nitrogen and oxygen atoms in total. The van der Waals surface area contributed by atoms with Crippen molar-refractivity contribution in [2.75, 3.05) is 5.32 Å². The van der Waals surface area contributed by atoms with Gasteiger partial charge >= 0.3 is 0 Å². The fraction of sp³-hybridized carbons (Fsp3) is 0.727. The first kappa shape index (κ1) is 11.1. The zero-order valence-corrected chi connectivity index (χ0v) is 9.83. The van der Waals surface area contributed by atoms with Crippen molar-refractivity contribution in [3.63, 3.8) is 0 Å². The highest BCUT2D eigenvalue weighted by Gasteiger charge is 2.08. The monoisotopic (exact) mass is 195 g/mol. The Morgan fingerprint density at radius 1 is 1.43 bits per heavy atom. The van der Waals surface area contributed by atoms with Crippen LogP contribution >= 0.6 is 0 Å². The van der Waals surface area contributed by atoms with Gasteiger partial charge in [0, 0.05) is 13.1 Å². The maximum Gasteiger partial charge on any atom is 0.0758 e. The van der Waals surface area contributed by atoms with Crippen LogP contribution in [0.2, 0.25) is 0 Å². The van der Waals surface area contributed by atoms with Crippen LogP contribution in [0.25, 0.3) is 0 Å². The highest BCUT2D eigenvalue weighted by atomic mass is 15.3. The van der Waals surface area contributed by atoms with Crippen LogP contribution in [0.15, 0.2) is 6.20 Å². The van der Waals surface area contributed by atoms with Crippen molar-refractivity contribution in [3.8, 4) is 0 Å². The first-order chi connectivity index (χ1) is 6.50. The lowest BCUT2D eigenvalue weighted by Gasteiger charge is -2.16. The Labute approximate surface area is 86.5 Å². The number of aromatic nitrogens is 2. The summed E-state index contributed by atoms with van der Waals surface area (Å²) in [6, 6.07) is 0.512. The molecule has 0 spiro atoms. The van der Waals surface area contributed by atoms with Gasteiger partial charge in [0.2, 0.25) is 0 Å². The summed E-state index contributed by atoms with van der Waals surface area (Å²) in [6.07, 6.45) is 3.08. The van der Waals surface area contributed by atoms with Crippen LogP contribution in [-0.4, -0.2) is 15.8 Å². The van der Waals surface area contributed by atoms with Crippen molar-refractivity contribution in [2.24, 2.45) is 13.0 Å². The van der Waals surface area contributed by atoms with Gasteiger partial charge in [-0.05, 0) is 26.2 Å². The molecule has 0 aliphatic rings. The van der Waals surface area contributed by atoms with Gasteiger partial charge in [-0.25, -0.2) is 0 Å². The molecule has 0 saturated heterocycles. The standard InChI is InChI=1S/C11H21N3/c1-8(2)6-9(3)13-11-7-12-14(5)10(11)4/h7-9,13H,6H2,1-5H3. The summed E-state index contributed by atoms with van der Waals surface area (Å²) in [5.41, 5.74) is 2.35.